The number of hydrogen-bond acceptors (Lipinski definition) is 2. The first-order valence-electron chi connectivity index (χ1n) is 3.95. The maximum atomic E-state index is 9.01. The average Bonchev–Trinajstić information content (AvgIpc) is 2.16. The van der Waals surface area contributed by atoms with E-state index in [1.54, 1.807) is 12.3 Å². The molecule has 2 rings (SSSR count). The van der Waals surface area contributed by atoms with Gasteiger partial charge in [0.05, 0.1) is 12.3 Å². The number of aliphatic hydroxyl groups excluding tert-OH is 1. The van der Waals surface area contributed by atoms with Crippen LogP contribution in [0.25, 0.3) is 10.8 Å². The number of hydrogen-bond donors (Lipinski definition) is 1. The van der Waals surface area contributed by atoms with Crippen LogP contribution in [-0.2, 0) is 6.61 Å². The van der Waals surface area contributed by atoms with Crippen LogP contribution in [0, 0.1) is 0 Å². The quantitative estimate of drug-likeness (QED) is 0.755. The average molecular weight is 194 g/mol. The molecule has 0 amide bonds. The third-order valence-electron chi connectivity index (χ3n) is 1.96. The molecule has 0 fully saturated rings. The molecule has 0 radical (unpaired) electrons. The number of benzene rings is 1. The zero-order chi connectivity index (χ0) is 9.26. The summed E-state index contributed by atoms with van der Waals surface area (Å²) in [6.07, 6.45) is 1.67. The van der Waals surface area contributed by atoms with Gasteiger partial charge in [0.25, 0.3) is 0 Å². The highest BCUT2D eigenvalue weighted by Crippen LogP contribution is 2.20. The number of aromatic nitrogens is 1. The lowest BCUT2D eigenvalue weighted by molar-refractivity contribution is 0.278. The Morgan fingerprint density at radius 2 is 2.15 bits per heavy atom. The van der Waals surface area contributed by atoms with E-state index in [1.807, 2.05) is 18.2 Å². The molecular formula is C10H8ClNO. The smallest absolute Gasteiger partial charge is 0.0859 e. The predicted octanol–water partition coefficient (Wildman–Crippen LogP) is 2.38. The fraction of sp³-hybridized carbons (Fsp3) is 0.100. The molecular weight excluding hydrogens is 186 g/mol. The van der Waals surface area contributed by atoms with Crippen molar-refractivity contribution in [1.29, 1.82) is 0 Å². The molecule has 0 aliphatic rings. The highest BCUT2D eigenvalue weighted by Gasteiger charge is 2.00. The van der Waals surface area contributed by atoms with E-state index >= 15 is 0 Å². The Bertz CT molecular complexity index is 442. The predicted molar refractivity (Wildman–Crippen MR) is 52.7 cm³/mol. The van der Waals surface area contributed by atoms with Crippen molar-refractivity contribution in [2.24, 2.45) is 0 Å². The summed E-state index contributed by atoms with van der Waals surface area (Å²) in [5.41, 5.74) is 0.689. The molecule has 0 bridgehead atoms. The SMILES string of the molecule is OCc1nccc2cc(Cl)ccc12. The summed E-state index contributed by atoms with van der Waals surface area (Å²) >= 11 is 5.83. The number of halogens is 1. The van der Waals surface area contributed by atoms with Gasteiger partial charge < -0.3 is 5.11 Å². The second-order valence-electron chi connectivity index (χ2n) is 2.78. The second-order valence-corrected chi connectivity index (χ2v) is 3.22. The van der Waals surface area contributed by atoms with Crippen molar-refractivity contribution in [2.45, 2.75) is 6.61 Å². The van der Waals surface area contributed by atoms with Crippen LogP contribution in [0.4, 0.5) is 0 Å². The van der Waals surface area contributed by atoms with Gasteiger partial charge in [-0.3, -0.25) is 4.98 Å². The van der Waals surface area contributed by atoms with Gasteiger partial charge in [-0.1, -0.05) is 17.7 Å². The number of pyridine rings is 1. The second kappa shape index (κ2) is 3.32. The first-order valence-corrected chi connectivity index (χ1v) is 4.33. The molecule has 0 unspecified atom stereocenters. The number of nitrogens with zero attached hydrogens (tertiary/aromatic N) is 1. The molecule has 0 aliphatic carbocycles. The van der Waals surface area contributed by atoms with Gasteiger partial charge in [0.1, 0.15) is 0 Å². The van der Waals surface area contributed by atoms with Crippen LogP contribution >= 0.6 is 11.6 Å². The van der Waals surface area contributed by atoms with Crippen LogP contribution < -0.4 is 0 Å². The van der Waals surface area contributed by atoms with Gasteiger partial charge in [0, 0.05) is 16.6 Å². The minimum absolute atomic E-state index is 0.0427. The molecule has 2 nitrogen and oxygen atoms in total. The van der Waals surface area contributed by atoms with Crippen LogP contribution in [0.2, 0.25) is 5.02 Å². The summed E-state index contributed by atoms with van der Waals surface area (Å²) in [6, 6.07) is 7.40. The van der Waals surface area contributed by atoms with Crippen molar-refractivity contribution >= 4 is 22.4 Å². The Morgan fingerprint density at radius 1 is 1.31 bits per heavy atom. The molecule has 2 aromatic rings. The molecule has 1 heterocycles. The number of fused-ring (bicyclic) bond motifs is 1. The van der Waals surface area contributed by atoms with E-state index in [2.05, 4.69) is 4.98 Å². The van der Waals surface area contributed by atoms with Gasteiger partial charge in [-0.2, -0.15) is 0 Å². The molecule has 1 aromatic heterocycles. The van der Waals surface area contributed by atoms with Crippen LogP contribution in [0.5, 0.6) is 0 Å². The van der Waals surface area contributed by atoms with Crippen molar-refractivity contribution in [3.63, 3.8) is 0 Å². The van der Waals surface area contributed by atoms with Crippen molar-refractivity contribution in [2.75, 3.05) is 0 Å². The van der Waals surface area contributed by atoms with Crippen molar-refractivity contribution in [3.05, 3.63) is 41.2 Å². The molecule has 0 saturated heterocycles. The third kappa shape index (κ3) is 1.50. The maximum absolute atomic E-state index is 9.01. The Balaban J connectivity index is 2.77. The van der Waals surface area contributed by atoms with Gasteiger partial charge >= 0.3 is 0 Å². The molecule has 0 spiro atoms. The van der Waals surface area contributed by atoms with E-state index in [-0.39, 0.29) is 6.61 Å². The lowest BCUT2D eigenvalue weighted by atomic mass is 10.1. The van der Waals surface area contributed by atoms with Crippen molar-refractivity contribution in [1.82, 2.24) is 4.98 Å². The summed E-state index contributed by atoms with van der Waals surface area (Å²) in [6.45, 7) is -0.0427. The molecule has 1 aromatic carbocycles. The van der Waals surface area contributed by atoms with Gasteiger partial charge in [-0.05, 0) is 23.6 Å². The Hall–Kier alpha value is -1.12. The largest absolute Gasteiger partial charge is 0.390 e. The molecule has 13 heavy (non-hydrogen) atoms. The standard InChI is InChI=1S/C10H8ClNO/c11-8-1-2-9-7(5-8)3-4-12-10(9)6-13/h1-5,13H,6H2. The maximum Gasteiger partial charge on any atom is 0.0859 e. The van der Waals surface area contributed by atoms with Crippen LogP contribution in [0.15, 0.2) is 30.5 Å². The summed E-state index contributed by atoms with van der Waals surface area (Å²) in [5.74, 6) is 0. The molecule has 0 saturated carbocycles. The molecule has 66 valence electrons. The van der Waals surface area contributed by atoms with E-state index in [1.165, 1.54) is 0 Å². The van der Waals surface area contributed by atoms with E-state index < -0.39 is 0 Å². The Labute approximate surface area is 80.8 Å². The normalized spacial score (nSPS) is 10.6. The minimum Gasteiger partial charge on any atom is -0.390 e. The zero-order valence-electron chi connectivity index (χ0n) is 6.87. The molecule has 3 heteroatoms. The van der Waals surface area contributed by atoms with E-state index in [4.69, 9.17) is 16.7 Å². The van der Waals surface area contributed by atoms with Gasteiger partial charge in [0.15, 0.2) is 0 Å². The molecule has 0 atom stereocenters. The van der Waals surface area contributed by atoms with E-state index in [0.717, 1.165) is 10.8 Å². The van der Waals surface area contributed by atoms with Crippen LogP contribution in [-0.4, -0.2) is 10.1 Å². The van der Waals surface area contributed by atoms with E-state index in [0.29, 0.717) is 10.7 Å². The Kier molecular flexibility index (Phi) is 2.17. The first-order chi connectivity index (χ1) is 6.31. The lowest BCUT2D eigenvalue weighted by Crippen LogP contribution is -1.89. The van der Waals surface area contributed by atoms with Gasteiger partial charge in [-0.25, -0.2) is 0 Å². The number of rotatable bonds is 1. The summed E-state index contributed by atoms with van der Waals surface area (Å²) in [7, 11) is 0. The van der Waals surface area contributed by atoms with E-state index in [9.17, 15) is 0 Å². The fourth-order valence-corrected chi connectivity index (χ4v) is 1.52. The topological polar surface area (TPSA) is 33.1 Å². The first kappa shape index (κ1) is 8.48. The number of aliphatic hydroxyl groups is 1. The molecule has 0 aliphatic heterocycles. The summed E-state index contributed by atoms with van der Waals surface area (Å²) in [5, 5.41) is 11.7. The third-order valence-corrected chi connectivity index (χ3v) is 2.19. The van der Waals surface area contributed by atoms with Crippen molar-refractivity contribution in [3.8, 4) is 0 Å². The summed E-state index contributed by atoms with van der Waals surface area (Å²) in [4.78, 5) is 4.06. The van der Waals surface area contributed by atoms with Gasteiger partial charge in [0.2, 0.25) is 0 Å². The molecule has 1 N–H and O–H groups in total. The van der Waals surface area contributed by atoms with Crippen molar-refractivity contribution < 1.29 is 5.11 Å². The minimum atomic E-state index is -0.0427. The highest BCUT2D eigenvalue weighted by atomic mass is 35.5. The highest BCUT2D eigenvalue weighted by molar-refractivity contribution is 6.31. The van der Waals surface area contributed by atoms with Crippen LogP contribution in [0.1, 0.15) is 5.69 Å². The summed E-state index contributed by atoms with van der Waals surface area (Å²) < 4.78 is 0. The Morgan fingerprint density at radius 3 is 2.92 bits per heavy atom. The van der Waals surface area contributed by atoms with Crippen LogP contribution in [0.3, 0.4) is 0 Å². The monoisotopic (exact) mass is 193 g/mol. The van der Waals surface area contributed by atoms with Gasteiger partial charge in [-0.15, -0.1) is 0 Å². The lowest BCUT2D eigenvalue weighted by Gasteiger charge is -2.02. The zero-order valence-corrected chi connectivity index (χ0v) is 7.62. The fourth-order valence-electron chi connectivity index (χ4n) is 1.34.